The van der Waals surface area contributed by atoms with E-state index in [-0.39, 0.29) is 0 Å². The minimum absolute atomic E-state index is 0.925. The third-order valence-electron chi connectivity index (χ3n) is 2.92. The second-order valence-corrected chi connectivity index (χ2v) is 5.50. The van der Waals surface area contributed by atoms with Crippen LogP contribution in [0, 0.1) is 0 Å². The summed E-state index contributed by atoms with van der Waals surface area (Å²) < 4.78 is 0. The van der Waals surface area contributed by atoms with Gasteiger partial charge in [0.05, 0.1) is 11.4 Å². The molecule has 0 saturated carbocycles. The van der Waals surface area contributed by atoms with Crippen LogP contribution in [0.15, 0.2) is 71.7 Å². The standard InChI is InChI=1S/C16H13N.2C3H8.2C2H6/c1-3-7-13(8-4-1)15-11-12-16(17-15)14-9-5-2-6-10-14;2*1-3-2;2*1-2/h1-11H,12H2;2*3H2,1-2H3;2*1-2H3. The Hall–Kier alpha value is -2.15. The molecule has 1 aliphatic rings. The smallest absolute Gasteiger partial charge is 0.0669 e. The van der Waals surface area contributed by atoms with Crippen LogP contribution < -0.4 is 0 Å². The average Bonchev–Trinajstić information content (AvgIpc) is 3.24. The summed E-state index contributed by atoms with van der Waals surface area (Å²) in [6.07, 6.45) is 5.62. The van der Waals surface area contributed by atoms with Gasteiger partial charge in [-0.05, 0) is 11.1 Å². The van der Waals surface area contributed by atoms with E-state index in [1.54, 1.807) is 0 Å². The quantitative estimate of drug-likeness (QED) is 0.503. The topological polar surface area (TPSA) is 12.4 Å². The van der Waals surface area contributed by atoms with Gasteiger partial charge >= 0.3 is 0 Å². The van der Waals surface area contributed by atoms with Gasteiger partial charge in [0.25, 0.3) is 0 Å². The Kier molecular flexibility index (Phi) is 20.2. The molecule has 27 heavy (non-hydrogen) atoms. The zero-order valence-electron chi connectivity index (χ0n) is 18.9. The maximum atomic E-state index is 4.71. The van der Waals surface area contributed by atoms with E-state index >= 15 is 0 Å². The summed E-state index contributed by atoms with van der Waals surface area (Å²) in [4.78, 5) is 4.71. The first-order valence-corrected chi connectivity index (χ1v) is 10.6. The van der Waals surface area contributed by atoms with E-state index < -0.39 is 0 Å². The predicted molar refractivity (Wildman–Crippen MR) is 127 cm³/mol. The van der Waals surface area contributed by atoms with Crippen molar-refractivity contribution in [3.63, 3.8) is 0 Å². The largest absolute Gasteiger partial charge is 0.252 e. The molecule has 0 radical (unpaired) electrons. The number of aliphatic imine (C=N–C) groups is 1. The maximum Gasteiger partial charge on any atom is 0.0669 e. The van der Waals surface area contributed by atoms with E-state index in [0.29, 0.717) is 0 Å². The second-order valence-electron chi connectivity index (χ2n) is 5.50. The van der Waals surface area contributed by atoms with Crippen molar-refractivity contribution in [1.82, 2.24) is 0 Å². The molecule has 0 spiro atoms. The summed E-state index contributed by atoms with van der Waals surface area (Å²) >= 11 is 0. The Morgan fingerprint density at radius 3 is 1.41 bits per heavy atom. The molecule has 0 aromatic heterocycles. The number of hydrogen-bond donors (Lipinski definition) is 0. The fourth-order valence-electron chi connectivity index (χ4n) is 2.03. The third kappa shape index (κ3) is 12.0. The molecule has 1 aliphatic heterocycles. The summed E-state index contributed by atoms with van der Waals surface area (Å²) in [7, 11) is 0. The Morgan fingerprint density at radius 1 is 0.630 bits per heavy atom. The Morgan fingerprint density at radius 2 is 1.00 bits per heavy atom. The summed E-state index contributed by atoms with van der Waals surface area (Å²) in [5, 5.41) is 0. The third-order valence-corrected chi connectivity index (χ3v) is 2.92. The van der Waals surface area contributed by atoms with Gasteiger partial charge in [-0.15, -0.1) is 0 Å². The SMILES string of the molecule is C1=C(c2ccccc2)N=C(c2ccccc2)C1.CC.CC.CCC.CCC. The minimum atomic E-state index is 0.925. The van der Waals surface area contributed by atoms with Crippen molar-refractivity contribution in [2.24, 2.45) is 4.99 Å². The number of benzene rings is 2. The van der Waals surface area contributed by atoms with E-state index in [0.717, 1.165) is 17.8 Å². The summed E-state index contributed by atoms with van der Waals surface area (Å²) in [6.45, 7) is 16.5. The van der Waals surface area contributed by atoms with Gasteiger partial charge in [0.2, 0.25) is 0 Å². The molecule has 0 N–H and O–H groups in total. The molecule has 1 nitrogen and oxygen atoms in total. The zero-order valence-corrected chi connectivity index (χ0v) is 18.9. The molecule has 0 aliphatic carbocycles. The van der Waals surface area contributed by atoms with E-state index in [1.807, 2.05) is 52.0 Å². The molecule has 1 heterocycles. The number of nitrogens with zero attached hydrogens (tertiary/aromatic N) is 1. The monoisotopic (exact) mass is 367 g/mol. The van der Waals surface area contributed by atoms with Crippen molar-refractivity contribution < 1.29 is 0 Å². The van der Waals surface area contributed by atoms with Gasteiger partial charge in [0, 0.05) is 6.42 Å². The highest BCUT2D eigenvalue weighted by Gasteiger charge is 2.11. The zero-order chi connectivity index (χ0) is 20.9. The van der Waals surface area contributed by atoms with Gasteiger partial charge in [0.15, 0.2) is 0 Å². The average molecular weight is 368 g/mol. The number of hydrogen-bond acceptors (Lipinski definition) is 1. The fraction of sp³-hybridized carbons (Fsp3) is 0.423. The molecule has 0 atom stereocenters. The van der Waals surface area contributed by atoms with Crippen molar-refractivity contribution in [3.8, 4) is 0 Å². The van der Waals surface area contributed by atoms with Crippen LogP contribution >= 0.6 is 0 Å². The minimum Gasteiger partial charge on any atom is -0.252 e. The first-order valence-electron chi connectivity index (χ1n) is 10.6. The predicted octanol–water partition coefficient (Wildman–Crippen LogP) is 8.81. The summed E-state index contributed by atoms with van der Waals surface area (Å²) in [5.41, 5.74) is 4.65. The van der Waals surface area contributed by atoms with Crippen molar-refractivity contribution >= 4 is 11.4 Å². The van der Waals surface area contributed by atoms with Crippen LogP contribution in [0.2, 0.25) is 0 Å². The van der Waals surface area contributed by atoms with Crippen LogP contribution in [-0.2, 0) is 0 Å². The van der Waals surface area contributed by atoms with E-state index in [9.17, 15) is 0 Å². The Bertz CT molecular complexity index is 593. The van der Waals surface area contributed by atoms with Gasteiger partial charge < -0.3 is 0 Å². The van der Waals surface area contributed by atoms with Crippen LogP contribution in [-0.4, -0.2) is 5.71 Å². The van der Waals surface area contributed by atoms with Crippen LogP contribution in [0.5, 0.6) is 0 Å². The van der Waals surface area contributed by atoms with Crippen LogP contribution in [0.1, 0.15) is 85.8 Å². The molecule has 0 amide bonds. The molecule has 0 unspecified atom stereocenters. The lowest BCUT2D eigenvalue weighted by Crippen LogP contribution is -1.94. The lowest BCUT2D eigenvalue weighted by Gasteiger charge is -2.00. The highest BCUT2D eigenvalue weighted by Crippen LogP contribution is 2.24. The summed E-state index contributed by atoms with van der Waals surface area (Å²) in [5.74, 6) is 0. The van der Waals surface area contributed by atoms with E-state index in [1.165, 1.54) is 24.0 Å². The maximum absolute atomic E-state index is 4.71. The number of rotatable bonds is 2. The van der Waals surface area contributed by atoms with Gasteiger partial charge in [-0.25, -0.2) is 0 Å². The van der Waals surface area contributed by atoms with Gasteiger partial charge in [-0.1, -0.05) is 135 Å². The first kappa shape index (κ1) is 27.1. The van der Waals surface area contributed by atoms with Crippen molar-refractivity contribution in [2.45, 2.75) is 74.7 Å². The lowest BCUT2D eigenvalue weighted by molar-refractivity contribution is 1.09. The first-order chi connectivity index (χ1) is 13.3. The van der Waals surface area contributed by atoms with E-state index in [4.69, 9.17) is 4.99 Å². The fourth-order valence-corrected chi connectivity index (χ4v) is 2.03. The Labute approximate surface area is 169 Å². The molecule has 0 fully saturated rings. The molecule has 0 bridgehead atoms. The molecule has 150 valence electrons. The van der Waals surface area contributed by atoms with Crippen molar-refractivity contribution in [3.05, 3.63) is 77.9 Å². The highest BCUT2D eigenvalue weighted by atomic mass is 14.8. The molecule has 2 aromatic carbocycles. The Balaban J connectivity index is 0. The van der Waals surface area contributed by atoms with Gasteiger partial charge in [-0.3, -0.25) is 4.99 Å². The molecular formula is C26H41N. The van der Waals surface area contributed by atoms with Crippen LogP contribution in [0.25, 0.3) is 5.70 Å². The molecular weight excluding hydrogens is 326 g/mol. The molecule has 2 aromatic rings. The molecule has 3 rings (SSSR count). The highest BCUT2D eigenvalue weighted by molar-refractivity contribution is 6.07. The lowest BCUT2D eigenvalue weighted by atomic mass is 10.1. The second kappa shape index (κ2) is 20.2. The molecule has 0 saturated heterocycles. The number of allylic oxidation sites excluding steroid dienone is 1. The van der Waals surface area contributed by atoms with Crippen LogP contribution in [0.3, 0.4) is 0 Å². The van der Waals surface area contributed by atoms with Crippen molar-refractivity contribution in [2.75, 3.05) is 0 Å². The molecule has 1 heteroatoms. The van der Waals surface area contributed by atoms with Gasteiger partial charge in [-0.2, -0.15) is 0 Å². The summed E-state index contributed by atoms with van der Waals surface area (Å²) in [6, 6.07) is 20.7. The normalized spacial score (nSPS) is 10.8. The van der Waals surface area contributed by atoms with Crippen molar-refractivity contribution in [1.29, 1.82) is 0 Å². The van der Waals surface area contributed by atoms with Crippen LogP contribution in [0.4, 0.5) is 0 Å². The van der Waals surface area contributed by atoms with Gasteiger partial charge in [0.1, 0.15) is 0 Å². The van der Waals surface area contributed by atoms with E-state index in [2.05, 4.69) is 70.2 Å².